The second kappa shape index (κ2) is 7.62. The van der Waals surface area contributed by atoms with Gasteiger partial charge in [0.25, 0.3) is 0 Å². The summed E-state index contributed by atoms with van der Waals surface area (Å²) in [6, 6.07) is 9.74. The molecule has 0 fully saturated rings. The van der Waals surface area contributed by atoms with Crippen molar-refractivity contribution in [1.29, 1.82) is 0 Å². The monoisotopic (exact) mass is 383 g/mol. The Labute approximate surface area is 165 Å². The maximum Gasteiger partial charge on any atom is 0.229 e. The van der Waals surface area contributed by atoms with Crippen LogP contribution < -0.4 is 18.9 Å². The van der Waals surface area contributed by atoms with E-state index in [4.69, 9.17) is 18.9 Å². The standard InChI is InChI=1S/C22H25NO5/c1-25-18-4-5-19-15(9-18)8-17(13-28-19)22(24)23-7-6-14-10-20(26-2)21(27-3)11-16(14)12-23/h4-5,9-11,17H,6-8,12-13H2,1-3H3. The highest BCUT2D eigenvalue weighted by Crippen LogP contribution is 2.35. The van der Waals surface area contributed by atoms with E-state index >= 15 is 0 Å². The third-order valence-electron chi connectivity index (χ3n) is 5.55. The van der Waals surface area contributed by atoms with Gasteiger partial charge in [0.05, 0.1) is 27.2 Å². The molecular formula is C22H25NO5. The summed E-state index contributed by atoms with van der Waals surface area (Å²) in [6.45, 7) is 1.69. The van der Waals surface area contributed by atoms with Gasteiger partial charge in [0.1, 0.15) is 18.1 Å². The van der Waals surface area contributed by atoms with Crippen LogP contribution in [0, 0.1) is 5.92 Å². The van der Waals surface area contributed by atoms with Gasteiger partial charge in [0, 0.05) is 13.1 Å². The second-order valence-corrected chi connectivity index (χ2v) is 7.17. The maximum absolute atomic E-state index is 13.2. The van der Waals surface area contributed by atoms with Crippen LogP contribution in [0.25, 0.3) is 0 Å². The van der Waals surface area contributed by atoms with Crippen molar-refractivity contribution in [2.75, 3.05) is 34.5 Å². The molecule has 0 saturated carbocycles. The number of ether oxygens (including phenoxy) is 4. The Balaban J connectivity index is 1.50. The Morgan fingerprint density at radius 1 is 1.00 bits per heavy atom. The highest BCUT2D eigenvalue weighted by Gasteiger charge is 2.32. The van der Waals surface area contributed by atoms with E-state index in [2.05, 4.69) is 0 Å². The molecule has 1 amide bonds. The van der Waals surface area contributed by atoms with Crippen LogP contribution in [0.3, 0.4) is 0 Å². The Kier molecular flexibility index (Phi) is 5.03. The molecule has 0 aromatic heterocycles. The minimum atomic E-state index is -0.179. The Hall–Kier alpha value is -2.89. The summed E-state index contributed by atoms with van der Waals surface area (Å²) < 4.78 is 21.9. The van der Waals surface area contributed by atoms with Gasteiger partial charge in [0.15, 0.2) is 11.5 Å². The highest BCUT2D eigenvalue weighted by molar-refractivity contribution is 5.80. The first-order chi connectivity index (χ1) is 13.6. The quantitative estimate of drug-likeness (QED) is 0.813. The predicted molar refractivity (Wildman–Crippen MR) is 104 cm³/mol. The smallest absolute Gasteiger partial charge is 0.229 e. The summed E-state index contributed by atoms with van der Waals surface area (Å²) in [5.41, 5.74) is 3.33. The number of amides is 1. The second-order valence-electron chi connectivity index (χ2n) is 7.17. The number of hydrogen-bond donors (Lipinski definition) is 0. The van der Waals surface area contributed by atoms with Gasteiger partial charge in [-0.15, -0.1) is 0 Å². The lowest BCUT2D eigenvalue weighted by molar-refractivity contribution is -0.137. The number of benzene rings is 2. The molecule has 28 heavy (non-hydrogen) atoms. The van der Waals surface area contributed by atoms with E-state index in [1.165, 1.54) is 5.56 Å². The third-order valence-corrected chi connectivity index (χ3v) is 5.55. The third kappa shape index (κ3) is 3.35. The molecular weight excluding hydrogens is 358 g/mol. The van der Waals surface area contributed by atoms with Crippen molar-refractivity contribution in [3.8, 4) is 23.0 Å². The van der Waals surface area contributed by atoms with Crippen LogP contribution in [0.5, 0.6) is 23.0 Å². The molecule has 0 N–H and O–H groups in total. The van der Waals surface area contributed by atoms with Crippen LogP contribution in [0.15, 0.2) is 30.3 Å². The predicted octanol–water partition coefficient (Wildman–Crippen LogP) is 2.85. The van der Waals surface area contributed by atoms with E-state index in [0.717, 1.165) is 34.8 Å². The summed E-state index contributed by atoms with van der Waals surface area (Å²) in [7, 11) is 4.91. The first-order valence-corrected chi connectivity index (χ1v) is 9.45. The van der Waals surface area contributed by atoms with Crippen LogP contribution in [0.1, 0.15) is 16.7 Å². The number of hydrogen-bond acceptors (Lipinski definition) is 5. The minimum Gasteiger partial charge on any atom is -0.497 e. The average molecular weight is 383 g/mol. The van der Waals surface area contributed by atoms with Crippen LogP contribution >= 0.6 is 0 Å². The summed E-state index contributed by atoms with van der Waals surface area (Å²) in [5, 5.41) is 0. The molecule has 4 rings (SSSR count). The zero-order chi connectivity index (χ0) is 19.7. The number of methoxy groups -OCH3 is 3. The van der Waals surface area contributed by atoms with Crippen molar-refractivity contribution in [3.63, 3.8) is 0 Å². The molecule has 1 atom stereocenters. The fraction of sp³-hybridized carbons (Fsp3) is 0.409. The molecule has 2 heterocycles. The minimum absolute atomic E-state index is 0.133. The zero-order valence-corrected chi connectivity index (χ0v) is 16.5. The van der Waals surface area contributed by atoms with Crippen molar-refractivity contribution in [2.24, 2.45) is 5.92 Å². The molecule has 1 unspecified atom stereocenters. The van der Waals surface area contributed by atoms with Gasteiger partial charge < -0.3 is 23.8 Å². The van der Waals surface area contributed by atoms with Gasteiger partial charge in [-0.05, 0) is 59.9 Å². The van der Waals surface area contributed by atoms with Crippen molar-refractivity contribution in [2.45, 2.75) is 19.4 Å². The molecule has 0 saturated heterocycles. The fourth-order valence-electron chi connectivity index (χ4n) is 3.99. The molecule has 0 radical (unpaired) electrons. The summed E-state index contributed by atoms with van der Waals surface area (Å²) >= 11 is 0. The lowest BCUT2D eigenvalue weighted by Crippen LogP contribution is -2.43. The molecule has 0 aliphatic carbocycles. The highest BCUT2D eigenvalue weighted by atomic mass is 16.5. The molecule has 0 spiro atoms. The number of rotatable bonds is 4. The molecule has 2 aromatic carbocycles. The topological polar surface area (TPSA) is 57.2 Å². The number of carbonyl (C=O) groups is 1. The van der Waals surface area contributed by atoms with Gasteiger partial charge in [-0.25, -0.2) is 0 Å². The van der Waals surface area contributed by atoms with E-state index in [9.17, 15) is 4.79 Å². The lowest BCUT2D eigenvalue weighted by atomic mass is 9.93. The van der Waals surface area contributed by atoms with Crippen LogP contribution in [0.2, 0.25) is 0 Å². The van der Waals surface area contributed by atoms with Crippen LogP contribution in [-0.2, 0) is 24.2 Å². The van der Waals surface area contributed by atoms with E-state index in [1.54, 1.807) is 21.3 Å². The van der Waals surface area contributed by atoms with Crippen LogP contribution in [0.4, 0.5) is 0 Å². The number of fused-ring (bicyclic) bond motifs is 2. The summed E-state index contributed by atoms with van der Waals surface area (Å²) in [5.74, 6) is 2.99. The zero-order valence-electron chi connectivity index (χ0n) is 16.5. The average Bonchev–Trinajstić information content (AvgIpc) is 2.76. The first-order valence-electron chi connectivity index (χ1n) is 9.45. The Bertz CT molecular complexity index is 895. The van der Waals surface area contributed by atoms with Gasteiger partial charge >= 0.3 is 0 Å². The van der Waals surface area contributed by atoms with Crippen molar-refractivity contribution in [1.82, 2.24) is 4.90 Å². The van der Waals surface area contributed by atoms with Gasteiger partial charge in [-0.3, -0.25) is 4.79 Å². The first kappa shape index (κ1) is 18.5. The van der Waals surface area contributed by atoms with Gasteiger partial charge in [0.2, 0.25) is 5.91 Å². The maximum atomic E-state index is 13.2. The van der Waals surface area contributed by atoms with Crippen LogP contribution in [-0.4, -0.2) is 45.3 Å². The van der Waals surface area contributed by atoms with Crippen molar-refractivity contribution < 1.29 is 23.7 Å². The largest absolute Gasteiger partial charge is 0.497 e. The lowest BCUT2D eigenvalue weighted by Gasteiger charge is -2.34. The summed E-state index contributed by atoms with van der Waals surface area (Å²) in [4.78, 5) is 15.1. The van der Waals surface area contributed by atoms with Gasteiger partial charge in [-0.1, -0.05) is 0 Å². The normalized spacial score (nSPS) is 17.8. The SMILES string of the molecule is COc1ccc2c(c1)CC(C(=O)N1CCc3cc(OC)c(OC)cc3C1)CO2. The number of carbonyl (C=O) groups excluding carboxylic acids is 1. The Morgan fingerprint density at radius 2 is 1.75 bits per heavy atom. The van der Waals surface area contributed by atoms with E-state index < -0.39 is 0 Å². The van der Waals surface area contributed by atoms with Gasteiger partial charge in [-0.2, -0.15) is 0 Å². The molecule has 0 bridgehead atoms. The van der Waals surface area contributed by atoms with E-state index in [-0.39, 0.29) is 11.8 Å². The van der Waals surface area contributed by atoms with Crippen molar-refractivity contribution >= 4 is 5.91 Å². The molecule has 148 valence electrons. The summed E-state index contributed by atoms with van der Waals surface area (Å²) in [6.07, 6.45) is 1.47. The molecule has 6 heteroatoms. The molecule has 2 aliphatic heterocycles. The molecule has 2 aromatic rings. The van der Waals surface area contributed by atoms with E-state index in [1.807, 2.05) is 35.2 Å². The number of nitrogens with zero attached hydrogens (tertiary/aromatic N) is 1. The molecule has 2 aliphatic rings. The molecule has 6 nitrogen and oxygen atoms in total. The van der Waals surface area contributed by atoms with E-state index in [0.29, 0.717) is 31.9 Å². The fourth-order valence-corrected chi connectivity index (χ4v) is 3.99. The Morgan fingerprint density at radius 3 is 2.46 bits per heavy atom. The van der Waals surface area contributed by atoms with Crippen molar-refractivity contribution in [3.05, 3.63) is 47.0 Å².